The zero-order chi connectivity index (χ0) is 23.3. The van der Waals surface area contributed by atoms with Gasteiger partial charge in [0.2, 0.25) is 0 Å². The zero-order valence-electron chi connectivity index (χ0n) is 17.8. The van der Waals surface area contributed by atoms with Gasteiger partial charge >= 0.3 is 0 Å². The molecule has 2 amide bonds. The quantitative estimate of drug-likeness (QED) is 0.527. The molecule has 1 atom stereocenters. The molecular formula is C23H20Cl3N5O2. The highest BCUT2D eigenvalue weighted by molar-refractivity contribution is 6.42. The Balaban J connectivity index is 1.43. The van der Waals surface area contributed by atoms with E-state index in [0.29, 0.717) is 58.9 Å². The van der Waals surface area contributed by atoms with Gasteiger partial charge in [0.05, 0.1) is 33.9 Å². The number of amides is 2. The smallest absolute Gasteiger partial charge is 0.272 e. The number of carbonyl (C=O) groups excluding carboxylic acids is 2. The molecular weight excluding hydrogens is 485 g/mol. The van der Waals surface area contributed by atoms with E-state index < -0.39 is 0 Å². The maximum absolute atomic E-state index is 13.4. The van der Waals surface area contributed by atoms with Crippen molar-refractivity contribution >= 4 is 46.6 Å². The minimum atomic E-state index is -0.156. The number of fused-ring (bicyclic) bond motifs is 3. The molecule has 0 spiro atoms. The Morgan fingerprint density at radius 3 is 2.70 bits per heavy atom. The molecule has 10 heteroatoms. The zero-order valence-corrected chi connectivity index (χ0v) is 20.0. The molecule has 5 rings (SSSR count). The SMILES string of the molecule is C[C@@H]1Cc2nn3c(c2CN1C(=O)c1ccc(Cl)c(Cl)c1)C(=O)N(Cc1cncc(Cl)c1)CC3. The van der Waals surface area contributed by atoms with Gasteiger partial charge in [-0.25, -0.2) is 0 Å². The van der Waals surface area contributed by atoms with Crippen LogP contribution < -0.4 is 0 Å². The second-order valence-corrected chi connectivity index (χ2v) is 9.60. The molecule has 7 nitrogen and oxygen atoms in total. The minimum absolute atomic E-state index is 0.0693. The van der Waals surface area contributed by atoms with Crippen molar-refractivity contribution in [2.24, 2.45) is 0 Å². The van der Waals surface area contributed by atoms with Gasteiger partial charge in [-0.15, -0.1) is 0 Å². The van der Waals surface area contributed by atoms with Crippen molar-refractivity contribution in [3.05, 3.63) is 79.8 Å². The molecule has 4 heterocycles. The Kier molecular flexibility index (Phi) is 5.80. The molecule has 1 aromatic carbocycles. The number of aromatic nitrogens is 3. The van der Waals surface area contributed by atoms with Crippen LogP contribution in [0.5, 0.6) is 0 Å². The van der Waals surface area contributed by atoms with Gasteiger partial charge in [-0.1, -0.05) is 34.8 Å². The summed E-state index contributed by atoms with van der Waals surface area (Å²) < 4.78 is 1.78. The van der Waals surface area contributed by atoms with Crippen LogP contribution >= 0.6 is 34.8 Å². The summed E-state index contributed by atoms with van der Waals surface area (Å²) in [5.41, 5.74) is 3.55. The molecule has 3 aromatic rings. The summed E-state index contributed by atoms with van der Waals surface area (Å²) in [7, 11) is 0. The molecule has 0 radical (unpaired) electrons. The molecule has 0 aliphatic carbocycles. The Labute approximate surface area is 205 Å². The van der Waals surface area contributed by atoms with E-state index in [2.05, 4.69) is 4.98 Å². The van der Waals surface area contributed by atoms with Crippen LogP contribution in [-0.2, 0) is 26.1 Å². The predicted octanol–water partition coefficient (Wildman–Crippen LogP) is 4.48. The molecule has 33 heavy (non-hydrogen) atoms. The van der Waals surface area contributed by atoms with E-state index in [1.54, 1.807) is 45.1 Å². The number of halogens is 3. The van der Waals surface area contributed by atoms with Crippen molar-refractivity contribution in [3.8, 4) is 0 Å². The van der Waals surface area contributed by atoms with Crippen LogP contribution in [0.4, 0.5) is 0 Å². The summed E-state index contributed by atoms with van der Waals surface area (Å²) in [6.45, 7) is 3.84. The highest BCUT2D eigenvalue weighted by atomic mass is 35.5. The molecule has 2 aromatic heterocycles. The minimum Gasteiger partial charge on any atom is -0.331 e. The monoisotopic (exact) mass is 503 g/mol. The molecule has 0 fully saturated rings. The number of nitrogens with zero attached hydrogens (tertiary/aromatic N) is 5. The third-order valence-electron chi connectivity index (χ3n) is 6.12. The van der Waals surface area contributed by atoms with Crippen molar-refractivity contribution in [2.45, 2.75) is 39.0 Å². The van der Waals surface area contributed by atoms with E-state index >= 15 is 0 Å². The van der Waals surface area contributed by atoms with Crippen LogP contribution in [0.15, 0.2) is 36.7 Å². The van der Waals surface area contributed by atoms with Crippen LogP contribution in [0, 0.1) is 0 Å². The van der Waals surface area contributed by atoms with Crippen LogP contribution in [-0.4, -0.2) is 49.0 Å². The lowest BCUT2D eigenvalue weighted by molar-refractivity contribution is 0.0637. The van der Waals surface area contributed by atoms with Crippen molar-refractivity contribution < 1.29 is 9.59 Å². The van der Waals surface area contributed by atoms with Gasteiger partial charge in [0, 0.05) is 49.1 Å². The number of carbonyl (C=O) groups is 2. The lowest BCUT2D eigenvalue weighted by Gasteiger charge is -2.34. The number of rotatable bonds is 3. The first-order valence-corrected chi connectivity index (χ1v) is 11.7. The third kappa shape index (κ3) is 4.09. The van der Waals surface area contributed by atoms with Crippen molar-refractivity contribution in [1.29, 1.82) is 0 Å². The Morgan fingerprint density at radius 2 is 1.94 bits per heavy atom. The van der Waals surface area contributed by atoms with E-state index in [1.165, 1.54) is 0 Å². The average Bonchev–Trinajstić information content (AvgIpc) is 3.14. The number of hydrogen-bond donors (Lipinski definition) is 0. The maximum atomic E-state index is 13.4. The van der Waals surface area contributed by atoms with E-state index in [-0.39, 0.29) is 17.9 Å². The fraction of sp³-hybridized carbons (Fsp3) is 0.304. The summed E-state index contributed by atoms with van der Waals surface area (Å²) >= 11 is 18.2. The first kappa shape index (κ1) is 22.2. The van der Waals surface area contributed by atoms with Crippen molar-refractivity contribution in [1.82, 2.24) is 24.6 Å². The molecule has 2 aliphatic rings. The van der Waals surface area contributed by atoms with Crippen LogP contribution in [0.3, 0.4) is 0 Å². The molecule has 0 saturated carbocycles. The molecule has 0 bridgehead atoms. The highest BCUT2D eigenvalue weighted by Crippen LogP contribution is 2.31. The fourth-order valence-corrected chi connectivity index (χ4v) is 4.94. The highest BCUT2D eigenvalue weighted by Gasteiger charge is 2.37. The molecule has 0 N–H and O–H groups in total. The van der Waals surface area contributed by atoms with Gasteiger partial charge < -0.3 is 9.80 Å². The Morgan fingerprint density at radius 1 is 1.12 bits per heavy atom. The van der Waals surface area contributed by atoms with Gasteiger partial charge in [0.25, 0.3) is 11.8 Å². The van der Waals surface area contributed by atoms with E-state index in [0.717, 1.165) is 16.8 Å². The van der Waals surface area contributed by atoms with Crippen LogP contribution in [0.2, 0.25) is 15.1 Å². The summed E-state index contributed by atoms with van der Waals surface area (Å²) in [4.78, 5) is 34.3. The number of pyridine rings is 1. The van der Waals surface area contributed by atoms with Crippen molar-refractivity contribution in [3.63, 3.8) is 0 Å². The predicted molar refractivity (Wildman–Crippen MR) is 126 cm³/mol. The largest absolute Gasteiger partial charge is 0.331 e. The standard InChI is InChI=1S/C23H20Cl3N5O2/c1-13-6-20-17(12-30(13)22(32)15-2-3-18(25)19(26)8-15)21-23(33)29(4-5-31(21)28-20)11-14-7-16(24)10-27-9-14/h2-3,7-10,13H,4-6,11-12H2,1H3/t13-/m1/s1. The second-order valence-electron chi connectivity index (χ2n) is 8.35. The van der Waals surface area contributed by atoms with Gasteiger partial charge in [-0.2, -0.15) is 5.10 Å². The van der Waals surface area contributed by atoms with Crippen molar-refractivity contribution in [2.75, 3.05) is 6.54 Å². The third-order valence-corrected chi connectivity index (χ3v) is 7.06. The summed E-state index contributed by atoms with van der Waals surface area (Å²) in [5.74, 6) is -0.261. The normalized spacial score (nSPS) is 17.7. The van der Waals surface area contributed by atoms with E-state index in [1.807, 2.05) is 13.0 Å². The van der Waals surface area contributed by atoms with Gasteiger partial charge in [-0.3, -0.25) is 19.3 Å². The van der Waals surface area contributed by atoms with Crippen LogP contribution in [0.1, 0.15) is 44.6 Å². The number of hydrogen-bond acceptors (Lipinski definition) is 4. The molecule has 2 aliphatic heterocycles. The number of benzene rings is 1. The lowest BCUT2D eigenvalue weighted by atomic mass is 9.97. The first-order chi connectivity index (χ1) is 15.8. The van der Waals surface area contributed by atoms with Gasteiger partial charge in [-0.05, 0) is 36.8 Å². The second kappa shape index (κ2) is 8.63. The summed E-state index contributed by atoms with van der Waals surface area (Å²) in [5, 5.41) is 5.96. The Bertz CT molecular complexity index is 1270. The van der Waals surface area contributed by atoms with E-state index in [9.17, 15) is 9.59 Å². The van der Waals surface area contributed by atoms with E-state index in [4.69, 9.17) is 39.9 Å². The van der Waals surface area contributed by atoms with Gasteiger partial charge in [0.15, 0.2) is 0 Å². The van der Waals surface area contributed by atoms with Crippen LogP contribution in [0.25, 0.3) is 0 Å². The fourth-order valence-electron chi connectivity index (χ4n) is 4.44. The summed E-state index contributed by atoms with van der Waals surface area (Å²) in [6.07, 6.45) is 3.85. The van der Waals surface area contributed by atoms with Gasteiger partial charge in [0.1, 0.15) is 5.69 Å². The Hall–Kier alpha value is -2.61. The topological polar surface area (TPSA) is 71.3 Å². The molecule has 170 valence electrons. The first-order valence-electron chi connectivity index (χ1n) is 10.5. The summed E-state index contributed by atoms with van der Waals surface area (Å²) in [6, 6.07) is 6.60. The average molecular weight is 505 g/mol. The molecule has 0 unspecified atom stereocenters. The lowest BCUT2D eigenvalue weighted by Crippen LogP contribution is -2.44. The molecule has 0 saturated heterocycles. The maximum Gasteiger partial charge on any atom is 0.272 e.